The van der Waals surface area contributed by atoms with E-state index < -0.39 is 67.4 Å². The minimum atomic E-state index is -4.88. The van der Waals surface area contributed by atoms with E-state index in [0.717, 1.165) is 24.3 Å². The smallest absolute Gasteiger partial charge is 0.267 e. The van der Waals surface area contributed by atoms with E-state index in [2.05, 4.69) is 31.2 Å². The van der Waals surface area contributed by atoms with Gasteiger partial charge in [-0.2, -0.15) is 0 Å². The van der Waals surface area contributed by atoms with Crippen molar-refractivity contribution in [2.24, 2.45) is 11.1 Å². The molecule has 20 heteroatoms. The number of anilines is 2. The highest BCUT2D eigenvalue weighted by molar-refractivity contribution is 7.92. The Bertz CT molecular complexity index is 2280. The first-order chi connectivity index (χ1) is 28.1. The van der Waals surface area contributed by atoms with Gasteiger partial charge in [0.2, 0.25) is 23.7 Å². The van der Waals surface area contributed by atoms with Gasteiger partial charge in [0.05, 0.1) is 33.0 Å². The maximum atomic E-state index is 16.2. The van der Waals surface area contributed by atoms with Crippen LogP contribution in [0.15, 0.2) is 53.6 Å². The molecule has 2 aromatic carbocycles. The summed E-state index contributed by atoms with van der Waals surface area (Å²) in [6, 6.07) is 6.00. The average molecular weight is 874 g/mol. The molecule has 0 unspecified atom stereocenters. The van der Waals surface area contributed by atoms with Crippen LogP contribution in [0.3, 0.4) is 0 Å². The number of aromatic nitrogens is 3. The summed E-state index contributed by atoms with van der Waals surface area (Å²) in [5, 5.41) is 11.7. The van der Waals surface area contributed by atoms with Crippen LogP contribution < -0.4 is 31.7 Å². The Labute approximate surface area is 351 Å². The van der Waals surface area contributed by atoms with Crippen molar-refractivity contribution in [3.05, 3.63) is 71.1 Å². The van der Waals surface area contributed by atoms with Gasteiger partial charge in [-0.1, -0.05) is 53.7 Å². The van der Waals surface area contributed by atoms with Gasteiger partial charge in [0.25, 0.3) is 10.0 Å². The number of nitrogens with one attached hydrogen (secondary N) is 5. The standard InChI is InChI=1S/C40H50F3N9O6S2/c1-39(2,3)22-48-36(56)29(14-9-21-53)49-35(55)26(44)15-16-30(54)45-19-20-47-38-46-18-17-28(50-38)33-32(51-37(59-33)40(4,5)6)23-10-7-13-27(31(23)43)52-60(57,58)34-24(41)11-8-12-25(34)42/h7-8,10-13,17-18,21,26,29,52H,9,14-16,19-20,22,44H2,1-6H3,(H,45,54)(H,48,56)(H,49,55)(H,46,47,50)/t26-,29-/m0/s1. The van der Waals surface area contributed by atoms with Crippen LogP contribution in [0.2, 0.25) is 0 Å². The van der Waals surface area contributed by atoms with Crippen molar-refractivity contribution < 1.29 is 40.8 Å². The number of aldehydes is 1. The summed E-state index contributed by atoms with van der Waals surface area (Å²) in [5.41, 5.74) is 5.18. The fraction of sp³-hybridized carbons (Fsp3) is 0.425. The number of hydrogen-bond acceptors (Lipinski definition) is 12. The molecule has 324 valence electrons. The average Bonchev–Trinajstić information content (AvgIpc) is 3.63. The van der Waals surface area contributed by atoms with Crippen molar-refractivity contribution in [2.75, 3.05) is 29.7 Å². The lowest BCUT2D eigenvalue weighted by Gasteiger charge is -2.23. The molecule has 3 amide bonds. The third-order valence-corrected chi connectivity index (χ3v) is 11.5. The van der Waals surface area contributed by atoms with Crippen LogP contribution in [0.25, 0.3) is 21.8 Å². The Morgan fingerprint density at radius 2 is 1.58 bits per heavy atom. The van der Waals surface area contributed by atoms with Gasteiger partial charge in [-0.15, -0.1) is 11.3 Å². The number of thiazole rings is 1. The molecule has 4 aromatic rings. The highest BCUT2D eigenvalue weighted by Gasteiger charge is 2.29. The predicted octanol–water partition coefficient (Wildman–Crippen LogP) is 5.04. The highest BCUT2D eigenvalue weighted by Crippen LogP contribution is 2.42. The molecule has 0 radical (unpaired) electrons. The number of sulfonamides is 1. The molecule has 60 heavy (non-hydrogen) atoms. The van der Waals surface area contributed by atoms with Crippen molar-refractivity contribution in [1.29, 1.82) is 0 Å². The lowest BCUT2D eigenvalue weighted by molar-refractivity contribution is -0.130. The zero-order valence-corrected chi connectivity index (χ0v) is 35.8. The van der Waals surface area contributed by atoms with E-state index in [-0.39, 0.29) is 67.3 Å². The van der Waals surface area contributed by atoms with Gasteiger partial charge in [-0.3, -0.25) is 19.1 Å². The summed E-state index contributed by atoms with van der Waals surface area (Å²) in [5.74, 6) is -4.99. The van der Waals surface area contributed by atoms with E-state index in [1.165, 1.54) is 29.7 Å². The first kappa shape index (κ1) is 47.2. The molecular weight excluding hydrogens is 824 g/mol. The Kier molecular flexibility index (Phi) is 15.9. The Balaban J connectivity index is 1.40. The molecule has 0 bridgehead atoms. The van der Waals surface area contributed by atoms with E-state index in [0.29, 0.717) is 28.4 Å². The lowest BCUT2D eigenvalue weighted by atomic mass is 9.96. The lowest BCUT2D eigenvalue weighted by Crippen LogP contribution is -2.52. The summed E-state index contributed by atoms with van der Waals surface area (Å²) in [6.45, 7) is 12.2. The van der Waals surface area contributed by atoms with Gasteiger partial charge in [-0.25, -0.2) is 36.5 Å². The summed E-state index contributed by atoms with van der Waals surface area (Å²) >= 11 is 1.24. The Hall–Kier alpha value is -5.47. The van der Waals surface area contributed by atoms with Crippen LogP contribution in [-0.2, 0) is 34.6 Å². The van der Waals surface area contributed by atoms with Crippen LogP contribution in [0.1, 0.15) is 72.2 Å². The summed E-state index contributed by atoms with van der Waals surface area (Å²) in [4.78, 5) is 61.7. The first-order valence-corrected chi connectivity index (χ1v) is 21.3. The van der Waals surface area contributed by atoms with Crippen molar-refractivity contribution in [3.8, 4) is 21.8 Å². The van der Waals surface area contributed by atoms with Gasteiger partial charge in [0, 0.05) is 49.7 Å². The number of carbonyl (C=O) groups excluding carboxylic acids is 4. The van der Waals surface area contributed by atoms with E-state index in [1.54, 1.807) is 6.07 Å². The maximum Gasteiger partial charge on any atom is 0.267 e. The van der Waals surface area contributed by atoms with Crippen molar-refractivity contribution >= 4 is 57.0 Å². The number of nitrogens with two attached hydrogens (primary N) is 1. The molecule has 2 heterocycles. The normalized spacial score (nSPS) is 12.9. The van der Waals surface area contributed by atoms with Gasteiger partial charge >= 0.3 is 0 Å². The molecule has 0 saturated carbocycles. The number of halogens is 3. The topological polar surface area (TPSA) is 227 Å². The Morgan fingerprint density at radius 1 is 0.900 bits per heavy atom. The quantitative estimate of drug-likeness (QED) is 0.0540. The van der Waals surface area contributed by atoms with Gasteiger partial charge in [0.1, 0.15) is 24.0 Å². The van der Waals surface area contributed by atoms with Gasteiger partial charge in [-0.05, 0) is 48.6 Å². The van der Waals surface area contributed by atoms with Crippen LogP contribution in [-0.4, -0.2) is 79.1 Å². The summed E-state index contributed by atoms with van der Waals surface area (Å²) < 4.78 is 72.9. The third kappa shape index (κ3) is 13.0. The number of amides is 3. The number of hydrogen-bond donors (Lipinski definition) is 6. The SMILES string of the molecule is CC(C)(C)CNC(=O)[C@H](CCC=O)NC(=O)[C@@H](N)CCC(=O)NCCNc1nccc(-c2sc(C(C)(C)C)nc2-c2cccc(NS(=O)(=O)c3c(F)cccc3F)c2F)n1. The second kappa shape index (κ2) is 20.2. The van der Waals surface area contributed by atoms with Gasteiger partial charge < -0.3 is 31.8 Å². The van der Waals surface area contributed by atoms with Crippen LogP contribution >= 0.6 is 11.3 Å². The molecule has 7 N–H and O–H groups in total. The molecular formula is C40H50F3N9O6S2. The summed E-state index contributed by atoms with van der Waals surface area (Å²) in [7, 11) is -4.88. The molecule has 2 atom stereocenters. The largest absolute Gasteiger partial charge is 0.354 e. The summed E-state index contributed by atoms with van der Waals surface area (Å²) in [6.07, 6.45) is 2.20. The first-order valence-electron chi connectivity index (χ1n) is 19.0. The van der Waals surface area contributed by atoms with E-state index >= 15 is 4.39 Å². The number of carbonyl (C=O) groups is 4. The number of rotatable bonds is 19. The fourth-order valence-corrected chi connectivity index (χ4v) is 7.74. The van der Waals surface area contributed by atoms with E-state index in [1.807, 2.05) is 46.3 Å². The highest BCUT2D eigenvalue weighted by atomic mass is 32.2. The second-order valence-corrected chi connectivity index (χ2v) is 18.7. The maximum absolute atomic E-state index is 16.2. The van der Waals surface area contributed by atoms with Crippen LogP contribution in [0.5, 0.6) is 0 Å². The molecule has 4 rings (SSSR count). The molecule has 0 spiro atoms. The fourth-order valence-electron chi connectivity index (χ4n) is 5.44. The molecule has 0 aliphatic carbocycles. The predicted molar refractivity (Wildman–Crippen MR) is 223 cm³/mol. The van der Waals surface area contributed by atoms with Gasteiger partial charge in [0.15, 0.2) is 10.7 Å². The molecule has 0 aliphatic rings. The van der Waals surface area contributed by atoms with Crippen LogP contribution in [0, 0.1) is 22.9 Å². The minimum Gasteiger partial charge on any atom is -0.354 e. The number of benzene rings is 2. The minimum absolute atomic E-state index is 0.00644. The second-order valence-electron chi connectivity index (χ2n) is 16.0. The van der Waals surface area contributed by atoms with Crippen molar-refractivity contribution in [2.45, 2.75) is 89.6 Å². The monoisotopic (exact) mass is 873 g/mol. The molecule has 15 nitrogen and oxygen atoms in total. The zero-order chi connectivity index (χ0) is 44.4. The van der Waals surface area contributed by atoms with E-state index in [4.69, 9.17) is 10.7 Å². The Morgan fingerprint density at radius 3 is 2.23 bits per heavy atom. The molecule has 0 aliphatic heterocycles. The van der Waals surface area contributed by atoms with Crippen LogP contribution in [0.4, 0.5) is 24.8 Å². The van der Waals surface area contributed by atoms with Crippen molar-refractivity contribution in [1.82, 2.24) is 30.9 Å². The number of nitrogens with zero attached hydrogens (tertiary/aromatic N) is 3. The molecule has 0 fully saturated rings. The molecule has 2 aromatic heterocycles. The third-order valence-electron chi connectivity index (χ3n) is 8.59. The van der Waals surface area contributed by atoms with Crippen molar-refractivity contribution in [3.63, 3.8) is 0 Å². The zero-order valence-electron chi connectivity index (χ0n) is 34.1. The molecule has 0 saturated heterocycles. The van der Waals surface area contributed by atoms with E-state index in [9.17, 15) is 36.4 Å².